The highest BCUT2D eigenvalue weighted by molar-refractivity contribution is 7.90. The molecule has 1 aromatic carbocycles. The van der Waals surface area contributed by atoms with Gasteiger partial charge in [0, 0.05) is 49.1 Å². The summed E-state index contributed by atoms with van der Waals surface area (Å²) < 4.78 is 53.4. The van der Waals surface area contributed by atoms with Crippen molar-refractivity contribution in [3.05, 3.63) is 81.3 Å². The van der Waals surface area contributed by atoms with E-state index in [0.717, 1.165) is 5.56 Å². The maximum atomic E-state index is 14.9. The van der Waals surface area contributed by atoms with E-state index in [0.29, 0.717) is 16.7 Å². The molecule has 0 fully saturated rings. The molecule has 0 radical (unpaired) electrons. The molecular weight excluding hydrogens is 465 g/mol. The first-order chi connectivity index (χ1) is 16.2. The maximum absolute atomic E-state index is 14.9. The maximum Gasteiger partial charge on any atom is 0.340 e. The largest absolute Gasteiger partial charge is 0.424 e. The molecule has 0 aliphatic carbocycles. The van der Waals surface area contributed by atoms with Crippen molar-refractivity contribution in [1.29, 1.82) is 0 Å². The molecule has 0 saturated carbocycles. The molecule has 3 heterocycles. The molecule has 0 saturated heterocycles. The molecule has 0 amide bonds. The highest BCUT2D eigenvalue weighted by Gasteiger charge is 2.19. The number of ether oxygens (including phenoxy) is 1. The third kappa shape index (κ3) is 4.87. The Kier molecular flexibility index (Phi) is 6.26. The average molecular weight is 485 g/mol. The van der Waals surface area contributed by atoms with E-state index in [1.807, 2.05) is 16.4 Å². The molecule has 10 nitrogen and oxygen atoms in total. The summed E-state index contributed by atoms with van der Waals surface area (Å²) in [5, 5.41) is 0.636. The summed E-state index contributed by atoms with van der Waals surface area (Å²) in [5.41, 5.74) is 1.43. The number of aryl methyl sites for hydroxylation is 2. The highest BCUT2D eigenvalue weighted by Crippen LogP contribution is 2.28. The molecule has 0 bridgehead atoms. The number of benzene rings is 1. The van der Waals surface area contributed by atoms with Crippen molar-refractivity contribution in [1.82, 2.24) is 19.7 Å². The third-order valence-corrected chi connectivity index (χ3v) is 6.06. The molecule has 0 aliphatic heterocycles. The summed E-state index contributed by atoms with van der Waals surface area (Å²) in [4.78, 5) is 24.6. The van der Waals surface area contributed by atoms with Crippen molar-refractivity contribution in [2.75, 3.05) is 11.8 Å². The summed E-state index contributed by atoms with van der Waals surface area (Å²) in [6.07, 6.45) is 4.36. The first-order valence-corrected chi connectivity index (χ1v) is 11.5. The molecule has 0 spiro atoms. The zero-order valence-corrected chi connectivity index (χ0v) is 19.2. The van der Waals surface area contributed by atoms with E-state index in [1.165, 1.54) is 19.3 Å². The molecule has 0 aliphatic rings. The second kappa shape index (κ2) is 9.15. The van der Waals surface area contributed by atoms with Crippen LogP contribution in [0.3, 0.4) is 0 Å². The SMILES string of the molecule is CNS(=O)(=O)Nc1nccc(Cc2c(C)c3ccc(Oc4ncc(C)cn4)cc3oc2=O)c1F. The van der Waals surface area contributed by atoms with Crippen molar-refractivity contribution in [3.8, 4) is 11.8 Å². The molecular formula is C22H20FN5O5S. The van der Waals surface area contributed by atoms with Gasteiger partial charge in [0.25, 0.3) is 10.2 Å². The van der Waals surface area contributed by atoms with Crippen LogP contribution in [-0.2, 0) is 16.6 Å². The summed E-state index contributed by atoms with van der Waals surface area (Å²) >= 11 is 0. The number of hydrogen-bond acceptors (Lipinski definition) is 8. The minimum absolute atomic E-state index is 0.0787. The van der Waals surface area contributed by atoms with Gasteiger partial charge in [-0.2, -0.15) is 8.42 Å². The van der Waals surface area contributed by atoms with Gasteiger partial charge in [-0.05, 0) is 48.7 Å². The van der Waals surface area contributed by atoms with Crippen molar-refractivity contribution in [2.24, 2.45) is 0 Å². The number of halogens is 1. The molecule has 3 aromatic heterocycles. The van der Waals surface area contributed by atoms with Crippen LogP contribution in [0.25, 0.3) is 11.0 Å². The van der Waals surface area contributed by atoms with Gasteiger partial charge in [-0.15, -0.1) is 0 Å². The van der Waals surface area contributed by atoms with Gasteiger partial charge >= 0.3 is 11.6 Å². The van der Waals surface area contributed by atoms with E-state index < -0.39 is 27.5 Å². The Bertz CT molecular complexity index is 1540. The number of rotatable bonds is 7. The van der Waals surface area contributed by atoms with Gasteiger partial charge < -0.3 is 9.15 Å². The number of pyridine rings is 1. The number of nitrogens with zero attached hydrogens (tertiary/aromatic N) is 3. The van der Waals surface area contributed by atoms with Gasteiger partial charge in [-0.3, -0.25) is 4.72 Å². The highest BCUT2D eigenvalue weighted by atomic mass is 32.2. The Morgan fingerprint density at radius 2 is 1.85 bits per heavy atom. The molecule has 12 heteroatoms. The number of hydrogen-bond donors (Lipinski definition) is 2. The lowest BCUT2D eigenvalue weighted by Gasteiger charge is -2.12. The van der Waals surface area contributed by atoms with Crippen LogP contribution in [0.5, 0.6) is 11.8 Å². The van der Waals surface area contributed by atoms with E-state index in [9.17, 15) is 17.6 Å². The molecule has 176 valence electrons. The van der Waals surface area contributed by atoms with Crippen LogP contribution in [0, 0.1) is 19.7 Å². The lowest BCUT2D eigenvalue weighted by Crippen LogP contribution is -2.27. The van der Waals surface area contributed by atoms with E-state index in [2.05, 4.69) is 15.0 Å². The Morgan fingerprint density at radius 1 is 1.12 bits per heavy atom. The van der Waals surface area contributed by atoms with Crippen LogP contribution in [0.2, 0.25) is 0 Å². The fourth-order valence-corrected chi connectivity index (χ4v) is 3.74. The number of fused-ring (bicyclic) bond motifs is 1. The lowest BCUT2D eigenvalue weighted by atomic mass is 10.00. The molecule has 0 atom stereocenters. The first kappa shape index (κ1) is 23.3. The van der Waals surface area contributed by atoms with Gasteiger partial charge in [0.15, 0.2) is 11.6 Å². The monoisotopic (exact) mass is 485 g/mol. The smallest absolute Gasteiger partial charge is 0.340 e. The predicted molar refractivity (Wildman–Crippen MR) is 123 cm³/mol. The van der Waals surface area contributed by atoms with Crippen LogP contribution in [0.4, 0.5) is 10.2 Å². The summed E-state index contributed by atoms with van der Waals surface area (Å²) in [6.45, 7) is 3.58. The fraction of sp³-hybridized carbons (Fsp3) is 0.182. The Hall–Kier alpha value is -3.90. The first-order valence-electron chi connectivity index (χ1n) is 10.0. The molecule has 4 aromatic rings. The molecule has 0 unspecified atom stereocenters. The quantitative estimate of drug-likeness (QED) is 0.381. The fourth-order valence-electron chi connectivity index (χ4n) is 3.24. The van der Waals surface area contributed by atoms with Crippen molar-refractivity contribution in [3.63, 3.8) is 0 Å². The predicted octanol–water partition coefficient (Wildman–Crippen LogP) is 2.99. The Balaban J connectivity index is 1.67. The van der Waals surface area contributed by atoms with E-state index in [1.54, 1.807) is 37.5 Å². The molecule has 34 heavy (non-hydrogen) atoms. The van der Waals surface area contributed by atoms with Crippen LogP contribution < -0.4 is 19.8 Å². The number of nitrogens with one attached hydrogen (secondary N) is 2. The second-order valence-corrected chi connectivity index (χ2v) is 9.03. The van der Waals surface area contributed by atoms with Crippen molar-refractivity contribution in [2.45, 2.75) is 20.3 Å². The average Bonchev–Trinajstić information content (AvgIpc) is 2.80. The summed E-state index contributed by atoms with van der Waals surface area (Å²) in [5.74, 6) is -0.981. The molecule has 2 N–H and O–H groups in total. The summed E-state index contributed by atoms with van der Waals surface area (Å²) in [6, 6.07) is 6.47. The van der Waals surface area contributed by atoms with Crippen molar-refractivity contribution < 1.29 is 22.0 Å². The van der Waals surface area contributed by atoms with E-state index in [-0.39, 0.29) is 29.1 Å². The van der Waals surface area contributed by atoms with Crippen LogP contribution >= 0.6 is 0 Å². The number of aromatic nitrogens is 3. The standard InChI is InChI=1S/C22H20FN5O5S/c1-12-10-26-22(27-11-12)32-15-4-5-16-13(2)17(21(29)33-18(16)9-15)8-14-6-7-25-20(19(14)23)28-34(30,31)24-3/h4-7,9-11,24H,8H2,1-3H3,(H,25,28). The normalized spacial score (nSPS) is 11.5. The second-order valence-electron chi connectivity index (χ2n) is 7.42. The van der Waals surface area contributed by atoms with Gasteiger partial charge in [-0.25, -0.2) is 28.9 Å². The van der Waals surface area contributed by atoms with Crippen LogP contribution in [0.15, 0.2) is 52.1 Å². The van der Waals surface area contributed by atoms with Gasteiger partial charge in [-0.1, -0.05) is 0 Å². The van der Waals surface area contributed by atoms with Crippen molar-refractivity contribution >= 4 is 27.0 Å². The Morgan fingerprint density at radius 3 is 2.56 bits per heavy atom. The van der Waals surface area contributed by atoms with Gasteiger partial charge in [0.05, 0.1) is 0 Å². The van der Waals surface area contributed by atoms with E-state index in [4.69, 9.17) is 9.15 Å². The topological polar surface area (TPSA) is 136 Å². The summed E-state index contributed by atoms with van der Waals surface area (Å²) in [7, 11) is -2.78. The van der Waals surface area contributed by atoms with Gasteiger partial charge in [0.2, 0.25) is 0 Å². The van der Waals surface area contributed by atoms with Crippen LogP contribution in [-0.4, -0.2) is 30.4 Å². The van der Waals surface area contributed by atoms with E-state index >= 15 is 0 Å². The number of anilines is 1. The molecule has 4 rings (SSSR count). The zero-order valence-electron chi connectivity index (χ0n) is 18.4. The Labute approximate surface area is 194 Å². The lowest BCUT2D eigenvalue weighted by molar-refractivity contribution is 0.440. The van der Waals surface area contributed by atoms with Gasteiger partial charge in [0.1, 0.15) is 11.3 Å². The third-order valence-electron chi connectivity index (χ3n) is 5.06. The zero-order chi connectivity index (χ0) is 24.5. The van der Waals surface area contributed by atoms with Crippen LogP contribution in [0.1, 0.15) is 22.3 Å². The minimum Gasteiger partial charge on any atom is -0.424 e. The minimum atomic E-state index is -3.96.